The number of carbonyl (C=O) groups excluding carboxylic acids is 2. The van der Waals surface area contributed by atoms with Crippen LogP contribution in [0.3, 0.4) is 0 Å². The van der Waals surface area contributed by atoms with E-state index in [1.54, 1.807) is 0 Å². The molecule has 1 saturated heterocycles. The van der Waals surface area contributed by atoms with Gasteiger partial charge in [-0.1, -0.05) is 48.5 Å². The zero-order valence-corrected chi connectivity index (χ0v) is 19.5. The van der Waals surface area contributed by atoms with Gasteiger partial charge < -0.3 is 25.2 Å². The molecule has 1 saturated carbocycles. The number of aliphatic carboxylic acids is 1. The van der Waals surface area contributed by atoms with Gasteiger partial charge >= 0.3 is 12.1 Å². The summed E-state index contributed by atoms with van der Waals surface area (Å²) in [5.41, 5.74) is 3.32. The van der Waals surface area contributed by atoms with E-state index < -0.39 is 23.6 Å². The zero-order valence-electron chi connectivity index (χ0n) is 19.5. The van der Waals surface area contributed by atoms with Crippen molar-refractivity contribution in [3.63, 3.8) is 0 Å². The molecule has 2 aromatic carbocycles. The molecule has 8 nitrogen and oxygen atoms in total. The third-order valence-electron chi connectivity index (χ3n) is 7.37. The Hall–Kier alpha value is -3.39. The van der Waals surface area contributed by atoms with Crippen molar-refractivity contribution in [3.8, 4) is 11.1 Å². The van der Waals surface area contributed by atoms with Crippen molar-refractivity contribution in [2.24, 2.45) is 5.92 Å². The molecule has 0 aromatic heterocycles. The average molecular weight is 479 g/mol. The van der Waals surface area contributed by atoms with Gasteiger partial charge in [-0.05, 0) is 41.0 Å². The van der Waals surface area contributed by atoms with Gasteiger partial charge in [0, 0.05) is 38.0 Å². The minimum Gasteiger partial charge on any atom is -0.481 e. The molecule has 184 valence electrons. The van der Waals surface area contributed by atoms with Gasteiger partial charge in [-0.15, -0.1) is 0 Å². The molecule has 0 spiro atoms. The Labute approximate surface area is 204 Å². The largest absolute Gasteiger partial charge is 0.481 e. The van der Waals surface area contributed by atoms with Crippen molar-refractivity contribution in [2.45, 2.75) is 49.6 Å². The third-order valence-corrected chi connectivity index (χ3v) is 7.37. The number of ether oxygens (including phenoxy) is 2. The van der Waals surface area contributed by atoms with Crippen LogP contribution < -0.4 is 10.6 Å². The molecule has 3 N–H and O–H groups in total. The van der Waals surface area contributed by atoms with Crippen LogP contribution in [0, 0.1) is 5.92 Å². The first kappa shape index (κ1) is 23.4. The first-order valence-electron chi connectivity index (χ1n) is 12.2. The normalized spacial score (nSPS) is 19.2. The molecular formula is C27H30N2O6. The first-order valence-corrected chi connectivity index (χ1v) is 12.2. The van der Waals surface area contributed by atoms with Crippen LogP contribution in [-0.4, -0.2) is 54.5 Å². The highest BCUT2D eigenvalue weighted by molar-refractivity contribution is 5.90. The second kappa shape index (κ2) is 9.70. The van der Waals surface area contributed by atoms with E-state index in [-0.39, 0.29) is 30.8 Å². The lowest BCUT2D eigenvalue weighted by Gasteiger charge is -2.37. The summed E-state index contributed by atoms with van der Waals surface area (Å²) in [7, 11) is 0. The van der Waals surface area contributed by atoms with Crippen LogP contribution in [0.4, 0.5) is 4.79 Å². The standard InChI is InChI=1S/C27H30N2O6/c30-24(31)15-23(17-9-10-17)28-25(32)27(11-13-34-14-12-27)29-26(33)35-16-22-20-7-3-1-5-18(20)19-6-2-4-8-21(19)22/h1-8,17,22-23H,9-16H2,(H,28,32)(H,29,33)(H,30,31). The summed E-state index contributed by atoms with van der Waals surface area (Å²) in [6.07, 6.45) is 1.60. The summed E-state index contributed by atoms with van der Waals surface area (Å²) in [6, 6.07) is 15.8. The van der Waals surface area contributed by atoms with E-state index in [1.165, 1.54) is 0 Å². The molecule has 0 bridgehead atoms. The molecule has 1 unspecified atom stereocenters. The van der Waals surface area contributed by atoms with Gasteiger partial charge in [0.1, 0.15) is 12.1 Å². The fraction of sp³-hybridized carbons (Fsp3) is 0.444. The van der Waals surface area contributed by atoms with Gasteiger partial charge in [0.25, 0.3) is 0 Å². The van der Waals surface area contributed by atoms with E-state index in [1.807, 2.05) is 24.3 Å². The van der Waals surface area contributed by atoms with E-state index in [0.717, 1.165) is 35.1 Å². The first-order chi connectivity index (χ1) is 17.0. The number of alkyl carbamates (subject to hydrolysis) is 1. The predicted octanol–water partition coefficient (Wildman–Crippen LogP) is 3.44. The Bertz CT molecular complexity index is 1080. The molecule has 2 aromatic rings. The molecule has 2 amide bonds. The fourth-order valence-electron chi connectivity index (χ4n) is 5.29. The molecule has 8 heteroatoms. The summed E-state index contributed by atoms with van der Waals surface area (Å²) < 4.78 is 11.1. The molecule has 2 aliphatic carbocycles. The van der Waals surface area contributed by atoms with Crippen LogP contribution in [0.2, 0.25) is 0 Å². The Morgan fingerprint density at radius 2 is 1.60 bits per heavy atom. The molecule has 5 rings (SSSR count). The lowest BCUT2D eigenvalue weighted by Crippen LogP contribution is -2.63. The van der Waals surface area contributed by atoms with Crippen molar-refractivity contribution in [1.29, 1.82) is 0 Å². The number of hydrogen-bond acceptors (Lipinski definition) is 5. The predicted molar refractivity (Wildman–Crippen MR) is 128 cm³/mol. The average Bonchev–Trinajstić information content (AvgIpc) is 3.66. The number of hydrogen-bond donors (Lipinski definition) is 3. The van der Waals surface area contributed by atoms with Gasteiger partial charge in [-0.2, -0.15) is 0 Å². The van der Waals surface area contributed by atoms with Crippen molar-refractivity contribution in [3.05, 3.63) is 59.7 Å². The van der Waals surface area contributed by atoms with Gasteiger partial charge in [-0.3, -0.25) is 9.59 Å². The zero-order chi connectivity index (χ0) is 24.4. The Morgan fingerprint density at radius 1 is 1.00 bits per heavy atom. The van der Waals surface area contributed by atoms with Crippen LogP contribution in [0.5, 0.6) is 0 Å². The Balaban J connectivity index is 1.27. The highest BCUT2D eigenvalue weighted by atomic mass is 16.5. The van der Waals surface area contributed by atoms with Crippen LogP contribution >= 0.6 is 0 Å². The molecule has 1 atom stereocenters. The van der Waals surface area contributed by atoms with Gasteiger partial charge in [0.15, 0.2) is 0 Å². The molecule has 1 heterocycles. The van der Waals surface area contributed by atoms with E-state index in [9.17, 15) is 19.5 Å². The minimum atomic E-state index is -1.19. The van der Waals surface area contributed by atoms with Gasteiger partial charge in [0.05, 0.1) is 6.42 Å². The maximum absolute atomic E-state index is 13.3. The monoisotopic (exact) mass is 478 g/mol. The number of fused-ring (bicyclic) bond motifs is 3. The van der Waals surface area contributed by atoms with Crippen molar-refractivity contribution >= 4 is 18.0 Å². The SMILES string of the molecule is O=C(O)CC(NC(=O)C1(NC(=O)OCC2c3ccccc3-c3ccccc32)CCOCC1)C1CC1. The summed E-state index contributed by atoms with van der Waals surface area (Å²) in [6.45, 7) is 0.798. The quantitative estimate of drug-likeness (QED) is 0.536. The van der Waals surface area contributed by atoms with E-state index in [0.29, 0.717) is 26.1 Å². The maximum atomic E-state index is 13.3. The number of carboxylic acid groups (broad SMARTS) is 1. The van der Waals surface area contributed by atoms with E-state index in [4.69, 9.17) is 9.47 Å². The molecular weight excluding hydrogens is 448 g/mol. The number of carboxylic acids is 1. The van der Waals surface area contributed by atoms with Crippen molar-refractivity contribution in [1.82, 2.24) is 10.6 Å². The van der Waals surface area contributed by atoms with Crippen LogP contribution in [0.25, 0.3) is 11.1 Å². The molecule has 3 aliphatic rings. The van der Waals surface area contributed by atoms with E-state index >= 15 is 0 Å². The Morgan fingerprint density at radius 3 is 2.17 bits per heavy atom. The molecule has 2 fully saturated rings. The summed E-state index contributed by atoms with van der Waals surface area (Å²) in [4.78, 5) is 37.6. The molecule has 1 aliphatic heterocycles. The number of benzene rings is 2. The molecule has 0 radical (unpaired) electrons. The second-order valence-electron chi connectivity index (χ2n) is 9.66. The number of nitrogens with one attached hydrogen (secondary N) is 2. The summed E-state index contributed by atoms with van der Waals surface area (Å²) in [5, 5.41) is 15.0. The number of carbonyl (C=O) groups is 3. The van der Waals surface area contributed by atoms with Crippen LogP contribution in [-0.2, 0) is 19.1 Å². The lowest BCUT2D eigenvalue weighted by molar-refractivity contribution is -0.138. The van der Waals surface area contributed by atoms with Crippen LogP contribution in [0.15, 0.2) is 48.5 Å². The topological polar surface area (TPSA) is 114 Å². The lowest BCUT2D eigenvalue weighted by atomic mass is 9.88. The van der Waals surface area contributed by atoms with Gasteiger partial charge in [0.2, 0.25) is 5.91 Å². The van der Waals surface area contributed by atoms with Crippen molar-refractivity contribution in [2.75, 3.05) is 19.8 Å². The fourth-order valence-corrected chi connectivity index (χ4v) is 5.29. The third kappa shape index (κ3) is 4.89. The van der Waals surface area contributed by atoms with Crippen molar-refractivity contribution < 1.29 is 29.0 Å². The number of amides is 2. The number of rotatable bonds is 8. The van der Waals surface area contributed by atoms with Crippen LogP contribution in [0.1, 0.15) is 49.1 Å². The minimum absolute atomic E-state index is 0.0811. The molecule has 35 heavy (non-hydrogen) atoms. The van der Waals surface area contributed by atoms with E-state index in [2.05, 4.69) is 34.9 Å². The maximum Gasteiger partial charge on any atom is 0.408 e. The summed E-state index contributed by atoms with van der Waals surface area (Å²) >= 11 is 0. The smallest absolute Gasteiger partial charge is 0.408 e. The highest BCUT2D eigenvalue weighted by Crippen LogP contribution is 2.44. The van der Waals surface area contributed by atoms with Gasteiger partial charge in [-0.25, -0.2) is 4.79 Å². The summed E-state index contributed by atoms with van der Waals surface area (Å²) in [5.74, 6) is -1.23. The second-order valence-corrected chi connectivity index (χ2v) is 9.66. The highest BCUT2D eigenvalue weighted by Gasteiger charge is 2.45. The Kier molecular flexibility index (Phi) is 6.47.